The third-order valence-electron chi connectivity index (χ3n) is 5.77. The van der Waals surface area contributed by atoms with E-state index < -0.39 is 6.04 Å². The Morgan fingerprint density at radius 1 is 1.21 bits per heavy atom. The van der Waals surface area contributed by atoms with Gasteiger partial charge in [0.2, 0.25) is 11.8 Å². The number of benzene rings is 1. The van der Waals surface area contributed by atoms with Crippen LogP contribution in [0.25, 0.3) is 0 Å². The molecule has 6 heteroatoms. The van der Waals surface area contributed by atoms with Gasteiger partial charge in [0.1, 0.15) is 11.8 Å². The van der Waals surface area contributed by atoms with Crippen LogP contribution in [0, 0.1) is 5.92 Å². The van der Waals surface area contributed by atoms with Crippen LogP contribution in [-0.2, 0) is 16.1 Å². The maximum atomic E-state index is 12.9. The van der Waals surface area contributed by atoms with Crippen molar-refractivity contribution in [2.45, 2.75) is 77.6 Å². The van der Waals surface area contributed by atoms with Gasteiger partial charge in [0.25, 0.3) is 0 Å². The van der Waals surface area contributed by atoms with Crippen molar-refractivity contribution in [2.75, 3.05) is 13.1 Å². The lowest BCUT2D eigenvalue weighted by Gasteiger charge is -2.33. The summed E-state index contributed by atoms with van der Waals surface area (Å²) in [5, 5.41) is 6.23. The molecule has 1 spiro atoms. The van der Waals surface area contributed by atoms with Gasteiger partial charge < -0.3 is 15.4 Å². The summed E-state index contributed by atoms with van der Waals surface area (Å²) in [6.07, 6.45) is 4.43. The van der Waals surface area contributed by atoms with Gasteiger partial charge in [0, 0.05) is 25.6 Å². The SMILES string of the molecule is CC(C)Oc1ccc(CN2CC(NC(=O)C(C)C)C(=O)NC3(CCCC3)C2)cc1. The lowest BCUT2D eigenvalue weighted by molar-refractivity contribution is -0.131. The van der Waals surface area contributed by atoms with Crippen LogP contribution in [0.5, 0.6) is 5.75 Å². The number of rotatable bonds is 6. The number of nitrogens with one attached hydrogen (secondary N) is 2. The molecule has 1 aliphatic heterocycles. The third kappa shape index (κ3) is 5.72. The first-order chi connectivity index (χ1) is 13.8. The Hall–Kier alpha value is -2.08. The summed E-state index contributed by atoms with van der Waals surface area (Å²) in [6.45, 7) is 9.81. The van der Waals surface area contributed by atoms with Gasteiger partial charge in [0.15, 0.2) is 0 Å². The molecule has 2 fully saturated rings. The van der Waals surface area contributed by atoms with Gasteiger partial charge in [-0.1, -0.05) is 38.8 Å². The van der Waals surface area contributed by atoms with Crippen LogP contribution in [0.1, 0.15) is 58.9 Å². The molecule has 1 heterocycles. The van der Waals surface area contributed by atoms with Gasteiger partial charge in [-0.3, -0.25) is 14.5 Å². The Morgan fingerprint density at radius 3 is 2.45 bits per heavy atom. The normalized spacial score (nSPS) is 22.0. The van der Waals surface area contributed by atoms with E-state index in [4.69, 9.17) is 4.74 Å². The van der Waals surface area contributed by atoms with Gasteiger partial charge in [-0.05, 0) is 44.4 Å². The third-order valence-corrected chi connectivity index (χ3v) is 5.77. The molecule has 0 bridgehead atoms. The molecule has 1 atom stereocenters. The fourth-order valence-electron chi connectivity index (χ4n) is 4.33. The van der Waals surface area contributed by atoms with Crippen molar-refractivity contribution in [3.05, 3.63) is 29.8 Å². The van der Waals surface area contributed by atoms with Crippen LogP contribution >= 0.6 is 0 Å². The minimum atomic E-state index is -0.520. The summed E-state index contributed by atoms with van der Waals surface area (Å²) < 4.78 is 5.74. The van der Waals surface area contributed by atoms with Crippen LogP contribution < -0.4 is 15.4 Å². The van der Waals surface area contributed by atoms with Gasteiger partial charge in [-0.25, -0.2) is 0 Å². The Morgan fingerprint density at radius 2 is 1.86 bits per heavy atom. The number of ether oxygens (including phenoxy) is 1. The molecule has 0 aromatic heterocycles. The maximum Gasteiger partial charge on any atom is 0.244 e. The molecular formula is C23H35N3O3. The van der Waals surface area contributed by atoms with Crippen LogP contribution in [0.4, 0.5) is 0 Å². The van der Waals surface area contributed by atoms with Crippen molar-refractivity contribution in [2.24, 2.45) is 5.92 Å². The van der Waals surface area contributed by atoms with Crippen molar-refractivity contribution in [3.8, 4) is 5.75 Å². The number of amides is 2. The predicted molar refractivity (Wildman–Crippen MR) is 114 cm³/mol. The summed E-state index contributed by atoms with van der Waals surface area (Å²) in [6, 6.07) is 7.65. The molecule has 2 aliphatic rings. The minimum Gasteiger partial charge on any atom is -0.491 e. The van der Waals surface area contributed by atoms with Gasteiger partial charge in [-0.2, -0.15) is 0 Å². The van der Waals surface area contributed by atoms with Gasteiger partial charge in [-0.15, -0.1) is 0 Å². The van der Waals surface area contributed by atoms with E-state index in [2.05, 4.69) is 27.7 Å². The lowest BCUT2D eigenvalue weighted by Crippen LogP contribution is -2.54. The first kappa shape index (κ1) is 21.6. The number of carbonyl (C=O) groups is 2. The highest BCUT2D eigenvalue weighted by Crippen LogP contribution is 2.32. The number of hydrogen-bond donors (Lipinski definition) is 2. The van der Waals surface area contributed by atoms with E-state index in [1.807, 2.05) is 39.8 Å². The fourth-order valence-corrected chi connectivity index (χ4v) is 4.33. The van der Waals surface area contributed by atoms with Crippen molar-refractivity contribution in [3.63, 3.8) is 0 Å². The monoisotopic (exact) mass is 401 g/mol. The largest absolute Gasteiger partial charge is 0.491 e. The van der Waals surface area contributed by atoms with E-state index in [9.17, 15) is 9.59 Å². The molecule has 1 saturated carbocycles. The molecule has 6 nitrogen and oxygen atoms in total. The van der Waals surface area contributed by atoms with Gasteiger partial charge >= 0.3 is 0 Å². The zero-order chi connectivity index (χ0) is 21.0. The fraction of sp³-hybridized carbons (Fsp3) is 0.652. The van der Waals surface area contributed by atoms with E-state index >= 15 is 0 Å². The zero-order valence-corrected chi connectivity index (χ0v) is 18.2. The second-order valence-corrected chi connectivity index (χ2v) is 9.17. The highest BCUT2D eigenvalue weighted by atomic mass is 16.5. The molecule has 160 valence electrons. The number of nitrogens with zero attached hydrogens (tertiary/aromatic N) is 1. The van der Waals surface area contributed by atoms with Crippen LogP contribution in [0.15, 0.2) is 24.3 Å². The lowest BCUT2D eigenvalue weighted by atomic mass is 9.97. The highest BCUT2D eigenvalue weighted by molar-refractivity contribution is 5.89. The molecule has 1 unspecified atom stereocenters. The molecule has 2 N–H and O–H groups in total. The molecular weight excluding hydrogens is 366 g/mol. The average Bonchev–Trinajstić information content (AvgIpc) is 3.04. The second-order valence-electron chi connectivity index (χ2n) is 9.17. The Labute approximate surface area is 174 Å². The van der Waals surface area contributed by atoms with Gasteiger partial charge in [0.05, 0.1) is 11.6 Å². The number of hydrogen-bond acceptors (Lipinski definition) is 4. The Kier molecular flexibility index (Phi) is 6.83. The minimum absolute atomic E-state index is 0.0518. The zero-order valence-electron chi connectivity index (χ0n) is 18.2. The van der Waals surface area contributed by atoms with Crippen molar-refractivity contribution < 1.29 is 14.3 Å². The van der Waals surface area contributed by atoms with Crippen molar-refractivity contribution >= 4 is 11.8 Å². The molecule has 2 amide bonds. The molecule has 1 aliphatic carbocycles. The summed E-state index contributed by atoms with van der Waals surface area (Å²) >= 11 is 0. The van der Waals surface area contributed by atoms with Crippen LogP contribution in [-0.4, -0.2) is 47.5 Å². The molecule has 1 aromatic rings. The second kappa shape index (κ2) is 9.16. The number of carbonyl (C=O) groups excluding carboxylic acids is 2. The van der Waals surface area contributed by atoms with E-state index in [0.717, 1.165) is 44.5 Å². The first-order valence-electron chi connectivity index (χ1n) is 10.9. The summed E-state index contributed by atoms with van der Waals surface area (Å²) in [5.74, 6) is 0.589. The van der Waals surface area contributed by atoms with Crippen LogP contribution in [0.2, 0.25) is 0 Å². The smallest absolute Gasteiger partial charge is 0.244 e. The van der Waals surface area contributed by atoms with Crippen molar-refractivity contribution in [1.82, 2.24) is 15.5 Å². The predicted octanol–water partition coefficient (Wildman–Crippen LogP) is 2.86. The summed E-state index contributed by atoms with van der Waals surface area (Å²) in [4.78, 5) is 27.5. The quantitative estimate of drug-likeness (QED) is 0.769. The molecule has 0 radical (unpaired) electrons. The van der Waals surface area contributed by atoms with E-state index in [-0.39, 0.29) is 29.4 Å². The molecule has 1 aromatic carbocycles. The Bertz CT molecular complexity index is 709. The summed E-state index contributed by atoms with van der Waals surface area (Å²) in [7, 11) is 0. The average molecular weight is 402 g/mol. The molecule has 3 rings (SSSR count). The topological polar surface area (TPSA) is 70.7 Å². The van der Waals surface area contributed by atoms with E-state index in [1.54, 1.807) is 0 Å². The van der Waals surface area contributed by atoms with E-state index in [0.29, 0.717) is 6.54 Å². The maximum absolute atomic E-state index is 12.9. The van der Waals surface area contributed by atoms with Crippen LogP contribution in [0.3, 0.4) is 0 Å². The molecule has 29 heavy (non-hydrogen) atoms. The Balaban J connectivity index is 1.75. The van der Waals surface area contributed by atoms with Crippen molar-refractivity contribution in [1.29, 1.82) is 0 Å². The highest BCUT2D eigenvalue weighted by Gasteiger charge is 2.42. The standard InChI is InChI=1S/C23H35N3O3/c1-16(2)21(27)24-20-14-26(15-23(25-22(20)28)11-5-6-12-23)13-18-7-9-19(10-8-18)29-17(3)4/h7-10,16-17,20H,5-6,11-15H2,1-4H3,(H,24,27)(H,25,28). The van der Waals surface area contributed by atoms with E-state index in [1.165, 1.54) is 5.56 Å². The summed E-state index contributed by atoms with van der Waals surface area (Å²) in [5.41, 5.74) is 1.01. The molecule has 1 saturated heterocycles. The first-order valence-corrected chi connectivity index (χ1v) is 10.9.